The molecule has 0 radical (unpaired) electrons. The number of rotatable bonds is 6. The molecule has 4 amide bonds. The maximum atomic E-state index is 12.4. The summed E-state index contributed by atoms with van der Waals surface area (Å²) in [5, 5.41) is 8.15. The first-order chi connectivity index (χ1) is 13.1. The van der Waals surface area contributed by atoms with E-state index in [1.807, 2.05) is 0 Å². The molecule has 0 aromatic heterocycles. The number of nitrogens with zero attached hydrogens (tertiary/aromatic N) is 1. The molecule has 9 heteroatoms. The summed E-state index contributed by atoms with van der Waals surface area (Å²) in [6.45, 7) is 1.06. The lowest BCUT2D eigenvalue weighted by molar-refractivity contribution is -0.125. The molecule has 1 heterocycles. The number of benzene rings is 1. The van der Waals surface area contributed by atoms with Gasteiger partial charge < -0.3 is 31.3 Å². The Morgan fingerprint density at radius 2 is 2.00 bits per heavy atom. The number of urea groups is 1. The van der Waals surface area contributed by atoms with Crippen LogP contribution in [0.3, 0.4) is 0 Å². The van der Waals surface area contributed by atoms with E-state index in [0.29, 0.717) is 18.8 Å². The van der Waals surface area contributed by atoms with Crippen molar-refractivity contribution in [3.63, 3.8) is 0 Å². The first-order valence-corrected chi connectivity index (χ1v) is 9.13. The minimum atomic E-state index is -0.828. The van der Waals surface area contributed by atoms with E-state index in [-0.39, 0.29) is 31.1 Å². The number of hydrogen-bond donors (Lipinski definition) is 4. The largest absolute Gasteiger partial charge is 0.370 e. The summed E-state index contributed by atoms with van der Waals surface area (Å²) in [6, 6.07) is 5.90. The number of hydrogen-bond acceptors (Lipinski definition) is 5. The molecule has 0 bridgehead atoms. The molecule has 1 atom stereocenters. The lowest BCUT2D eigenvalue weighted by atomic mass is 9.93. The highest BCUT2D eigenvalue weighted by Crippen LogP contribution is 2.20. The fraction of sp³-hybridized carbons (Fsp3) is 0.500. The van der Waals surface area contributed by atoms with E-state index in [1.54, 1.807) is 29.2 Å². The average molecular weight is 375 g/mol. The van der Waals surface area contributed by atoms with Gasteiger partial charge >= 0.3 is 6.03 Å². The van der Waals surface area contributed by atoms with Gasteiger partial charge in [-0.05, 0) is 43.5 Å². The second-order valence-electron chi connectivity index (χ2n) is 6.67. The molecule has 0 spiro atoms. The fourth-order valence-corrected chi connectivity index (χ4v) is 2.91. The summed E-state index contributed by atoms with van der Waals surface area (Å²) in [4.78, 5) is 37.8. The highest BCUT2D eigenvalue weighted by atomic mass is 16.5. The van der Waals surface area contributed by atoms with Crippen molar-refractivity contribution in [3.8, 4) is 0 Å². The zero-order valence-electron chi connectivity index (χ0n) is 15.1. The van der Waals surface area contributed by atoms with Crippen LogP contribution in [0.5, 0.6) is 0 Å². The quantitative estimate of drug-likeness (QED) is 0.564. The molecule has 1 aliphatic heterocycles. The maximum Gasteiger partial charge on any atom is 0.315 e. The van der Waals surface area contributed by atoms with Crippen LogP contribution < -0.4 is 26.6 Å². The second-order valence-corrected chi connectivity index (χ2v) is 6.67. The number of morpholine rings is 1. The normalized spacial score (nSPS) is 18.4. The molecular formula is C18H25N5O4. The van der Waals surface area contributed by atoms with Crippen LogP contribution >= 0.6 is 0 Å². The zero-order chi connectivity index (χ0) is 19.2. The average Bonchev–Trinajstić information content (AvgIpc) is 2.64. The molecule has 1 saturated heterocycles. The minimum Gasteiger partial charge on any atom is -0.370 e. The van der Waals surface area contributed by atoms with Gasteiger partial charge in [0.05, 0.1) is 6.61 Å². The second kappa shape index (κ2) is 8.83. The van der Waals surface area contributed by atoms with Gasteiger partial charge in [0.25, 0.3) is 5.91 Å². The van der Waals surface area contributed by atoms with Crippen LogP contribution in [0.1, 0.15) is 19.3 Å². The van der Waals surface area contributed by atoms with E-state index in [9.17, 15) is 14.4 Å². The van der Waals surface area contributed by atoms with Crippen LogP contribution in [0.25, 0.3) is 0 Å². The molecule has 3 rings (SSSR count). The molecule has 1 aromatic rings. The topological polar surface area (TPSA) is 126 Å². The van der Waals surface area contributed by atoms with Crippen molar-refractivity contribution in [3.05, 3.63) is 24.3 Å². The molecule has 1 aliphatic carbocycles. The fourth-order valence-electron chi connectivity index (χ4n) is 2.91. The molecule has 1 aromatic carbocycles. The van der Waals surface area contributed by atoms with E-state index in [2.05, 4.69) is 16.0 Å². The van der Waals surface area contributed by atoms with Crippen LogP contribution in [0, 0.1) is 0 Å². The molecule has 2 aliphatic rings. The molecular weight excluding hydrogens is 350 g/mol. The van der Waals surface area contributed by atoms with Gasteiger partial charge in [-0.25, -0.2) is 4.79 Å². The predicted molar refractivity (Wildman–Crippen MR) is 100 cm³/mol. The smallest absolute Gasteiger partial charge is 0.315 e. The van der Waals surface area contributed by atoms with Gasteiger partial charge in [0.15, 0.2) is 0 Å². The first-order valence-electron chi connectivity index (χ1n) is 9.13. The predicted octanol–water partition coefficient (Wildman–Crippen LogP) is 0.167. The van der Waals surface area contributed by atoms with Crippen LogP contribution in [0.15, 0.2) is 24.3 Å². The van der Waals surface area contributed by atoms with E-state index < -0.39 is 11.9 Å². The number of nitrogens with two attached hydrogens (primary N) is 1. The van der Waals surface area contributed by atoms with Crippen molar-refractivity contribution in [1.82, 2.24) is 10.6 Å². The van der Waals surface area contributed by atoms with Crippen molar-refractivity contribution in [1.29, 1.82) is 0 Å². The van der Waals surface area contributed by atoms with Crippen LogP contribution in [0.2, 0.25) is 0 Å². The maximum absolute atomic E-state index is 12.4. The summed E-state index contributed by atoms with van der Waals surface area (Å²) < 4.78 is 5.12. The Bertz CT molecular complexity index is 689. The van der Waals surface area contributed by atoms with Crippen molar-refractivity contribution in [2.24, 2.45) is 5.73 Å². The van der Waals surface area contributed by atoms with E-state index in [4.69, 9.17) is 10.5 Å². The highest BCUT2D eigenvalue weighted by molar-refractivity contribution is 5.98. The Morgan fingerprint density at radius 3 is 2.59 bits per heavy atom. The monoisotopic (exact) mass is 375 g/mol. The van der Waals surface area contributed by atoms with Crippen molar-refractivity contribution in [2.75, 3.05) is 36.5 Å². The summed E-state index contributed by atoms with van der Waals surface area (Å²) in [6.07, 6.45) is 3.04. The Kier molecular flexibility index (Phi) is 6.25. The highest BCUT2D eigenvalue weighted by Gasteiger charge is 2.24. The molecule has 27 heavy (non-hydrogen) atoms. The lowest BCUT2D eigenvalue weighted by Gasteiger charge is -2.27. The molecule has 9 nitrogen and oxygen atoms in total. The SMILES string of the molecule is NC[C@@H](NC(=O)NC1CCC1)C(=O)Nc1ccc(N2CCOCC2=O)cc1. The van der Waals surface area contributed by atoms with E-state index in [0.717, 1.165) is 24.9 Å². The lowest BCUT2D eigenvalue weighted by Crippen LogP contribution is -2.54. The van der Waals surface area contributed by atoms with Gasteiger partial charge in [0.1, 0.15) is 12.6 Å². The van der Waals surface area contributed by atoms with Crippen molar-refractivity contribution >= 4 is 29.2 Å². The van der Waals surface area contributed by atoms with Crippen LogP contribution in [-0.2, 0) is 14.3 Å². The van der Waals surface area contributed by atoms with Gasteiger partial charge in [-0.15, -0.1) is 0 Å². The van der Waals surface area contributed by atoms with E-state index in [1.165, 1.54) is 0 Å². The third-order valence-electron chi connectivity index (χ3n) is 4.73. The number of ether oxygens (including phenoxy) is 1. The van der Waals surface area contributed by atoms with Gasteiger partial charge in [-0.1, -0.05) is 0 Å². The standard InChI is InChI=1S/C18H25N5O4/c19-10-15(22-18(26)21-12-2-1-3-12)17(25)20-13-4-6-14(7-5-13)23-8-9-27-11-16(23)24/h4-7,12,15H,1-3,8-11,19H2,(H,20,25)(H2,21,22,26)/t15-/m1/s1. The molecule has 0 unspecified atom stereocenters. The summed E-state index contributed by atoms with van der Waals surface area (Å²) >= 11 is 0. The van der Waals surface area contributed by atoms with Crippen molar-refractivity contribution < 1.29 is 19.1 Å². The summed E-state index contributed by atoms with van der Waals surface area (Å²) in [5.41, 5.74) is 6.93. The number of amides is 4. The molecule has 1 saturated carbocycles. The van der Waals surface area contributed by atoms with E-state index >= 15 is 0 Å². The summed E-state index contributed by atoms with van der Waals surface area (Å²) in [7, 11) is 0. The Balaban J connectivity index is 1.53. The molecule has 5 N–H and O–H groups in total. The van der Waals surface area contributed by atoms with Gasteiger partial charge in [0.2, 0.25) is 5.91 Å². The first kappa shape index (κ1) is 19.1. The summed E-state index contributed by atoms with van der Waals surface area (Å²) in [5.74, 6) is -0.487. The van der Waals surface area contributed by atoms with Gasteiger partial charge in [0, 0.05) is 30.5 Å². The molecule has 146 valence electrons. The molecule has 2 fully saturated rings. The third-order valence-corrected chi connectivity index (χ3v) is 4.73. The Hall–Kier alpha value is -2.65. The Morgan fingerprint density at radius 1 is 1.26 bits per heavy atom. The van der Waals surface area contributed by atoms with Crippen molar-refractivity contribution in [2.45, 2.75) is 31.3 Å². The zero-order valence-corrected chi connectivity index (χ0v) is 15.1. The van der Waals surface area contributed by atoms with Crippen LogP contribution in [-0.4, -0.2) is 56.2 Å². The third kappa shape index (κ3) is 4.95. The number of carbonyl (C=O) groups excluding carboxylic acids is 3. The number of carbonyl (C=O) groups is 3. The van der Waals surface area contributed by atoms with Crippen LogP contribution in [0.4, 0.5) is 16.2 Å². The number of nitrogens with one attached hydrogen (secondary N) is 3. The minimum absolute atomic E-state index is 0.00964. The van der Waals surface area contributed by atoms with Gasteiger partial charge in [-0.2, -0.15) is 0 Å². The Labute approximate surface area is 157 Å². The van der Waals surface area contributed by atoms with Gasteiger partial charge in [-0.3, -0.25) is 9.59 Å². The number of anilines is 2.